The molecule has 1 unspecified atom stereocenters. The Morgan fingerprint density at radius 2 is 2.12 bits per heavy atom. The van der Waals surface area contributed by atoms with Crippen molar-refractivity contribution in [3.63, 3.8) is 0 Å². The Balaban J connectivity index is 2.16. The van der Waals surface area contributed by atoms with Gasteiger partial charge in [0.15, 0.2) is 0 Å². The minimum Gasteiger partial charge on any atom is -0.394 e. The van der Waals surface area contributed by atoms with Crippen LogP contribution in [0.15, 0.2) is 0 Å². The number of ether oxygens (including phenoxy) is 1. The van der Waals surface area contributed by atoms with Gasteiger partial charge in [0.05, 0.1) is 13.2 Å². The maximum absolute atomic E-state index is 9.48. The lowest BCUT2D eigenvalue weighted by molar-refractivity contribution is 0.110. The van der Waals surface area contributed by atoms with Crippen LogP contribution in [-0.4, -0.2) is 61.5 Å². The topological polar surface area (TPSA) is 44.7 Å². The normalized spacial score (nSPS) is 19.6. The average molecular weight is 244 g/mol. The van der Waals surface area contributed by atoms with Crippen LogP contribution in [0.4, 0.5) is 0 Å². The summed E-state index contributed by atoms with van der Waals surface area (Å²) >= 11 is 0. The average Bonchev–Trinajstić information content (AvgIpc) is 3.11. The Bertz CT molecular complexity index is 210. The fourth-order valence-electron chi connectivity index (χ4n) is 1.83. The summed E-state index contributed by atoms with van der Waals surface area (Å²) < 4.78 is 5.33. The number of rotatable bonds is 10. The highest BCUT2D eigenvalue weighted by atomic mass is 16.5. The molecule has 1 aliphatic carbocycles. The first-order valence-electron chi connectivity index (χ1n) is 6.74. The van der Waals surface area contributed by atoms with E-state index in [9.17, 15) is 5.11 Å². The number of hydrogen-bond acceptors (Lipinski definition) is 4. The lowest BCUT2D eigenvalue weighted by atomic mass is 9.98. The molecule has 1 aliphatic rings. The van der Waals surface area contributed by atoms with E-state index in [0.717, 1.165) is 32.7 Å². The number of likely N-dealkylation sites (N-methyl/N-ethyl adjacent to an activating group) is 1. The zero-order valence-corrected chi connectivity index (χ0v) is 11.5. The van der Waals surface area contributed by atoms with Crippen molar-refractivity contribution in [3.8, 4) is 0 Å². The van der Waals surface area contributed by atoms with Gasteiger partial charge in [-0.15, -0.1) is 0 Å². The molecule has 1 fully saturated rings. The molecule has 1 saturated carbocycles. The molecule has 2 N–H and O–H groups in total. The molecule has 0 bridgehead atoms. The number of aliphatic hydroxyl groups excluding tert-OH is 1. The van der Waals surface area contributed by atoms with E-state index in [1.165, 1.54) is 12.8 Å². The van der Waals surface area contributed by atoms with Crippen LogP contribution >= 0.6 is 0 Å². The highest BCUT2D eigenvalue weighted by Crippen LogP contribution is 2.23. The predicted molar refractivity (Wildman–Crippen MR) is 70.3 cm³/mol. The second kappa shape index (κ2) is 7.31. The van der Waals surface area contributed by atoms with Gasteiger partial charge in [0.25, 0.3) is 0 Å². The van der Waals surface area contributed by atoms with Crippen LogP contribution in [0.25, 0.3) is 0 Å². The third kappa shape index (κ3) is 6.36. The second-order valence-corrected chi connectivity index (χ2v) is 5.39. The Morgan fingerprint density at radius 3 is 2.65 bits per heavy atom. The van der Waals surface area contributed by atoms with Gasteiger partial charge in [-0.3, -0.25) is 0 Å². The SMILES string of the molecule is CCOCCN(C)CCC(C)(CO)NC1CC1. The molecule has 0 aromatic carbocycles. The van der Waals surface area contributed by atoms with E-state index in [-0.39, 0.29) is 12.1 Å². The van der Waals surface area contributed by atoms with Gasteiger partial charge in [-0.25, -0.2) is 0 Å². The minimum atomic E-state index is -0.124. The van der Waals surface area contributed by atoms with Gasteiger partial charge in [-0.05, 0) is 46.7 Å². The van der Waals surface area contributed by atoms with Gasteiger partial charge in [-0.2, -0.15) is 0 Å². The van der Waals surface area contributed by atoms with E-state index in [2.05, 4.69) is 24.2 Å². The molecule has 0 amide bonds. The molecule has 4 nitrogen and oxygen atoms in total. The van der Waals surface area contributed by atoms with E-state index in [1.807, 2.05) is 6.92 Å². The number of aliphatic hydroxyl groups is 1. The smallest absolute Gasteiger partial charge is 0.0611 e. The van der Waals surface area contributed by atoms with Crippen molar-refractivity contribution >= 4 is 0 Å². The molecule has 0 spiro atoms. The molecular formula is C13H28N2O2. The largest absolute Gasteiger partial charge is 0.394 e. The van der Waals surface area contributed by atoms with Crippen LogP contribution in [0.5, 0.6) is 0 Å². The van der Waals surface area contributed by atoms with E-state index < -0.39 is 0 Å². The van der Waals surface area contributed by atoms with Crippen LogP contribution in [0.2, 0.25) is 0 Å². The molecule has 4 heteroatoms. The van der Waals surface area contributed by atoms with Gasteiger partial charge in [0, 0.05) is 24.7 Å². The fourth-order valence-corrected chi connectivity index (χ4v) is 1.83. The van der Waals surface area contributed by atoms with Gasteiger partial charge < -0.3 is 20.1 Å². The van der Waals surface area contributed by atoms with E-state index >= 15 is 0 Å². The van der Waals surface area contributed by atoms with Gasteiger partial charge >= 0.3 is 0 Å². The second-order valence-electron chi connectivity index (χ2n) is 5.39. The summed E-state index contributed by atoms with van der Waals surface area (Å²) in [6.45, 7) is 7.86. The van der Waals surface area contributed by atoms with Crippen molar-refractivity contribution in [2.75, 3.05) is 40.0 Å². The molecule has 0 aromatic heterocycles. The van der Waals surface area contributed by atoms with E-state index in [0.29, 0.717) is 6.04 Å². The minimum absolute atomic E-state index is 0.124. The van der Waals surface area contributed by atoms with Crippen LogP contribution in [0.3, 0.4) is 0 Å². The maximum atomic E-state index is 9.48. The van der Waals surface area contributed by atoms with Crippen molar-refractivity contribution < 1.29 is 9.84 Å². The number of nitrogens with zero attached hydrogens (tertiary/aromatic N) is 1. The Labute approximate surface area is 105 Å². The first-order chi connectivity index (χ1) is 8.09. The van der Waals surface area contributed by atoms with Crippen molar-refractivity contribution in [1.82, 2.24) is 10.2 Å². The van der Waals surface area contributed by atoms with E-state index in [4.69, 9.17) is 4.74 Å². The van der Waals surface area contributed by atoms with Crippen molar-refractivity contribution in [2.24, 2.45) is 0 Å². The summed E-state index contributed by atoms with van der Waals surface area (Å²) in [6, 6.07) is 0.640. The lowest BCUT2D eigenvalue weighted by Gasteiger charge is -2.31. The van der Waals surface area contributed by atoms with Crippen LogP contribution in [0.1, 0.15) is 33.1 Å². The van der Waals surface area contributed by atoms with Gasteiger partial charge in [0.2, 0.25) is 0 Å². The number of hydrogen-bond donors (Lipinski definition) is 2. The maximum Gasteiger partial charge on any atom is 0.0611 e. The highest BCUT2D eigenvalue weighted by molar-refractivity contribution is 4.92. The summed E-state index contributed by atoms with van der Waals surface area (Å²) in [5.74, 6) is 0. The molecule has 0 heterocycles. The first-order valence-corrected chi connectivity index (χ1v) is 6.74. The molecule has 0 aliphatic heterocycles. The fraction of sp³-hybridized carbons (Fsp3) is 1.00. The van der Waals surface area contributed by atoms with Crippen LogP contribution in [-0.2, 0) is 4.74 Å². The van der Waals surface area contributed by atoms with Crippen LogP contribution < -0.4 is 5.32 Å². The third-order valence-electron chi connectivity index (χ3n) is 3.35. The Kier molecular flexibility index (Phi) is 6.41. The van der Waals surface area contributed by atoms with Gasteiger partial charge in [0.1, 0.15) is 0 Å². The molecule has 1 atom stereocenters. The van der Waals surface area contributed by atoms with Crippen molar-refractivity contribution in [2.45, 2.75) is 44.7 Å². The van der Waals surface area contributed by atoms with Crippen LogP contribution in [0, 0.1) is 0 Å². The summed E-state index contributed by atoms with van der Waals surface area (Å²) in [6.07, 6.45) is 3.49. The molecule has 0 radical (unpaired) electrons. The number of nitrogens with one attached hydrogen (secondary N) is 1. The third-order valence-corrected chi connectivity index (χ3v) is 3.35. The summed E-state index contributed by atoms with van der Waals surface area (Å²) in [7, 11) is 2.11. The molecular weight excluding hydrogens is 216 g/mol. The first kappa shape index (κ1) is 14.9. The zero-order chi connectivity index (χ0) is 12.7. The molecule has 0 aromatic rings. The zero-order valence-electron chi connectivity index (χ0n) is 11.5. The lowest BCUT2D eigenvalue weighted by Crippen LogP contribution is -2.49. The van der Waals surface area contributed by atoms with Gasteiger partial charge in [-0.1, -0.05) is 0 Å². The van der Waals surface area contributed by atoms with Crippen molar-refractivity contribution in [1.29, 1.82) is 0 Å². The highest BCUT2D eigenvalue weighted by Gasteiger charge is 2.31. The molecule has 102 valence electrons. The molecule has 17 heavy (non-hydrogen) atoms. The summed E-state index contributed by atoms with van der Waals surface area (Å²) in [5, 5.41) is 13.0. The summed E-state index contributed by atoms with van der Waals surface area (Å²) in [5.41, 5.74) is -0.124. The Morgan fingerprint density at radius 1 is 1.41 bits per heavy atom. The Hall–Kier alpha value is -0.160. The standard InChI is InChI=1S/C13H28N2O2/c1-4-17-10-9-15(3)8-7-13(2,11-16)14-12-5-6-12/h12,14,16H,4-11H2,1-3H3. The van der Waals surface area contributed by atoms with Crippen molar-refractivity contribution in [3.05, 3.63) is 0 Å². The van der Waals surface area contributed by atoms with E-state index in [1.54, 1.807) is 0 Å². The quantitative estimate of drug-likeness (QED) is 0.559. The predicted octanol–water partition coefficient (Wildman–Crippen LogP) is 0.848. The molecule has 0 saturated heterocycles. The molecule has 1 rings (SSSR count). The monoisotopic (exact) mass is 244 g/mol. The summed E-state index contributed by atoms with van der Waals surface area (Å²) in [4.78, 5) is 2.26.